The zero-order valence-electron chi connectivity index (χ0n) is 19.8. The second kappa shape index (κ2) is 10.4. The Morgan fingerprint density at radius 1 is 1.08 bits per heavy atom. The Morgan fingerprint density at radius 2 is 1.89 bits per heavy atom. The number of anilines is 1. The number of nitrogens with zero attached hydrogens (tertiary/aromatic N) is 6. The number of imide groups is 1. The molecule has 9 nitrogen and oxygen atoms in total. The van der Waals surface area contributed by atoms with E-state index in [1.54, 1.807) is 17.1 Å². The fourth-order valence-corrected chi connectivity index (χ4v) is 5.53. The summed E-state index contributed by atoms with van der Waals surface area (Å²) >= 11 is 1.24. The molecule has 4 aromatic rings. The number of carbonyl (C=O) groups excluding carboxylic acids is 2. The summed E-state index contributed by atoms with van der Waals surface area (Å²) in [5.41, 5.74) is 3.21. The molecule has 0 bridgehead atoms. The molecule has 0 aliphatic carbocycles. The van der Waals surface area contributed by atoms with Crippen molar-refractivity contribution < 1.29 is 14.1 Å². The number of hydrogen-bond acceptors (Lipinski definition) is 7. The quantitative estimate of drug-likeness (QED) is 0.305. The lowest BCUT2D eigenvalue weighted by atomic mass is 10.1. The molecule has 1 aliphatic rings. The van der Waals surface area contributed by atoms with E-state index in [0.29, 0.717) is 17.4 Å². The molecule has 0 spiro atoms. The zero-order valence-corrected chi connectivity index (χ0v) is 20.6. The normalized spacial score (nSPS) is 19.2. The van der Waals surface area contributed by atoms with Gasteiger partial charge in [-0.05, 0) is 41.6 Å². The van der Waals surface area contributed by atoms with Crippen molar-refractivity contribution in [3.05, 3.63) is 79.1 Å². The Hall–Kier alpha value is -3.89. The third kappa shape index (κ3) is 4.52. The number of carbonyl (C=O) groups is 2. The van der Waals surface area contributed by atoms with Crippen molar-refractivity contribution in [2.75, 3.05) is 17.6 Å². The lowest BCUT2D eigenvalue weighted by Crippen LogP contribution is -2.61. The van der Waals surface area contributed by atoms with Gasteiger partial charge in [-0.1, -0.05) is 54.2 Å². The highest BCUT2D eigenvalue weighted by Gasteiger charge is 2.52. The Labute approximate surface area is 213 Å². The van der Waals surface area contributed by atoms with Crippen LogP contribution in [0.4, 0.5) is 10.5 Å². The predicted molar refractivity (Wildman–Crippen MR) is 137 cm³/mol. The van der Waals surface area contributed by atoms with Crippen LogP contribution < -0.4 is 5.32 Å². The van der Waals surface area contributed by atoms with Gasteiger partial charge in [-0.2, -0.15) is 9.16 Å². The van der Waals surface area contributed by atoms with Crippen LogP contribution in [-0.2, 0) is 4.79 Å². The number of likely N-dealkylation sites (tertiary alicyclic amines) is 1. The van der Waals surface area contributed by atoms with Crippen LogP contribution in [0.1, 0.15) is 19.8 Å². The monoisotopic (exact) mass is 500 g/mol. The number of urea groups is 1. The van der Waals surface area contributed by atoms with Crippen molar-refractivity contribution in [3.8, 4) is 16.8 Å². The highest BCUT2D eigenvalue weighted by atomic mass is 32.2. The Bertz CT molecular complexity index is 1360. The number of amides is 3. The number of nitrogens with one attached hydrogen (secondary N) is 1. The van der Waals surface area contributed by atoms with Crippen LogP contribution >= 0.6 is 11.8 Å². The van der Waals surface area contributed by atoms with Crippen LogP contribution in [0.5, 0.6) is 0 Å². The minimum atomic E-state index is -0.315. The summed E-state index contributed by atoms with van der Waals surface area (Å²) in [6, 6.07) is 20.4. The summed E-state index contributed by atoms with van der Waals surface area (Å²) in [5, 5.41) is 15.5. The van der Waals surface area contributed by atoms with Gasteiger partial charge in [0.25, 0.3) is 0 Å². The average molecular weight is 501 g/mol. The Morgan fingerprint density at radius 3 is 2.64 bits per heavy atom. The molecule has 1 saturated heterocycles. The molecule has 1 unspecified atom stereocenters. The molecule has 5 rings (SSSR count). The minimum absolute atomic E-state index is 0.0786. The number of para-hydroxylation sites is 2. The first kappa shape index (κ1) is 23.8. The maximum absolute atomic E-state index is 13.8. The molecule has 1 N–H and O–H groups in total. The zero-order chi connectivity index (χ0) is 25.0. The molecule has 1 aliphatic heterocycles. The fraction of sp³-hybridized carbons (Fsp3) is 0.231. The molecule has 36 heavy (non-hydrogen) atoms. The van der Waals surface area contributed by atoms with Gasteiger partial charge in [-0.3, -0.25) is 10.3 Å². The summed E-state index contributed by atoms with van der Waals surface area (Å²) < 4.78 is 1.35. The van der Waals surface area contributed by atoms with Gasteiger partial charge in [0.1, 0.15) is 11.8 Å². The van der Waals surface area contributed by atoms with Gasteiger partial charge in [0.2, 0.25) is 5.16 Å². The first-order chi connectivity index (χ1) is 17.6. The third-order valence-electron chi connectivity index (χ3n) is 6.60. The van der Waals surface area contributed by atoms with E-state index in [-0.39, 0.29) is 28.2 Å². The van der Waals surface area contributed by atoms with Crippen molar-refractivity contribution >= 4 is 29.4 Å². The molecule has 2 aromatic carbocycles. The number of hydrogen-bond donors (Lipinski definition) is 1. The maximum atomic E-state index is 13.8. The van der Waals surface area contributed by atoms with Crippen LogP contribution in [0.25, 0.3) is 16.8 Å². The molecule has 3 heterocycles. The van der Waals surface area contributed by atoms with Gasteiger partial charge in [0, 0.05) is 36.4 Å². The van der Waals surface area contributed by atoms with Crippen LogP contribution in [0.3, 0.4) is 0 Å². The van der Waals surface area contributed by atoms with Crippen LogP contribution in [0.15, 0.2) is 84.3 Å². The van der Waals surface area contributed by atoms with Gasteiger partial charge in [-0.25, -0.2) is 9.59 Å². The molecular formula is C26H26N7O2S+. The molecule has 182 valence electrons. The second-order valence-corrected chi connectivity index (χ2v) is 9.63. The van der Waals surface area contributed by atoms with E-state index < -0.39 is 0 Å². The smallest absolute Gasteiger partial charge is 0.274 e. The summed E-state index contributed by atoms with van der Waals surface area (Å²) in [6.07, 6.45) is 5.07. The number of aromatic nitrogens is 5. The first-order valence-corrected chi connectivity index (χ1v) is 12.8. The molecule has 0 saturated carbocycles. The van der Waals surface area contributed by atoms with Crippen LogP contribution in [0.2, 0.25) is 0 Å². The number of benzene rings is 2. The van der Waals surface area contributed by atoms with Gasteiger partial charge in [-0.15, -0.1) is 5.10 Å². The van der Waals surface area contributed by atoms with Crippen LogP contribution in [-0.4, -0.2) is 60.0 Å². The summed E-state index contributed by atoms with van der Waals surface area (Å²) in [6.45, 7) is 2.43. The molecule has 1 fully saturated rings. The molecule has 3 amide bonds. The topological polar surface area (TPSA) is 103 Å². The number of rotatable bonds is 6. The summed E-state index contributed by atoms with van der Waals surface area (Å²) in [7, 11) is 0. The van der Waals surface area contributed by atoms with E-state index in [1.165, 1.54) is 11.8 Å². The first-order valence-electron chi connectivity index (χ1n) is 11.8. The molecule has 2 atom stereocenters. The lowest BCUT2D eigenvalue weighted by Gasteiger charge is -2.33. The van der Waals surface area contributed by atoms with Crippen molar-refractivity contribution in [2.24, 2.45) is 0 Å². The van der Waals surface area contributed by atoms with E-state index in [9.17, 15) is 9.59 Å². The highest BCUT2D eigenvalue weighted by molar-refractivity contribution is 7.99. The van der Waals surface area contributed by atoms with Gasteiger partial charge >= 0.3 is 11.9 Å². The number of thioether (sulfide) groups is 1. The predicted octanol–water partition coefficient (Wildman–Crippen LogP) is 4.57. The maximum Gasteiger partial charge on any atom is 0.428 e. The van der Waals surface area contributed by atoms with Crippen molar-refractivity contribution in [2.45, 2.75) is 31.0 Å². The molecule has 10 heteroatoms. The highest BCUT2D eigenvalue weighted by Crippen LogP contribution is 2.33. The SMILES string of the molecule is C[C@@H]1CCC[N+]1(C(=O)CSc1nnnn1-c1ccccc1)C(=O)Nc1ccccc1-c1cccnc1. The summed E-state index contributed by atoms with van der Waals surface area (Å²) in [5.74, 6) is -0.0844. The Balaban J connectivity index is 1.37. The van der Waals surface area contributed by atoms with E-state index in [4.69, 9.17) is 0 Å². The summed E-state index contributed by atoms with van der Waals surface area (Å²) in [4.78, 5) is 31.7. The van der Waals surface area contributed by atoms with Crippen molar-refractivity contribution in [1.29, 1.82) is 0 Å². The van der Waals surface area contributed by atoms with E-state index in [1.807, 2.05) is 73.7 Å². The fourth-order valence-electron chi connectivity index (χ4n) is 4.68. The lowest BCUT2D eigenvalue weighted by molar-refractivity contribution is -0.781. The largest absolute Gasteiger partial charge is 0.428 e. The van der Waals surface area contributed by atoms with Crippen molar-refractivity contribution in [3.63, 3.8) is 0 Å². The second-order valence-electron chi connectivity index (χ2n) is 8.69. The molecule has 0 radical (unpaired) electrons. The molecule has 2 aromatic heterocycles. The van der Waals surface area contributed by atoms with Crippen molar-refractivity contribution in [1.82, 2.24) is 25.2 Å². The third-order valence-corrected chi connectivity index (χ3v) is 7.50. The number of pyridine rings is 1. The van der Waals surface area contributed by atoms with Gasteiger partial charge in [0.15, 0.2) is 0 Å². The molecular weight excluding hydrogens is 474 g/mol. The number of quaternary nitrogens is 1. The van der Waals surface area contributed by atoms with E-state index >= 15 is 0 Å². The average Bonchev–Trinajstić information content (AvgIpc) is 3.55. The van der Waals surface area contributed by atoms with E-state index in [0.717, 1.165) is 29.7 Å². The van der Waals surface area contributed by atoms with Crippen LogP contribution in [0, 0.1) is 0 Å². The van der Waals surface area contributed by atoms with Gasteiger partial charge in [0.05, 0.1) is 17.9 Å². The van der Waals surface area contributed by atoms with E-state index in [2.05, 4.69) is 25.8 Å². The number of tetrazole rings is 1. The standard InChI is InChI=1S/C26H25N7O2S/c1-19-9-8-16-33(19,24(34)18-36-25-29-30-31-32(25)21-11-3-2-4-12-21)26(35)28-23-14-6-5-13-22(23)20-10-7-15-27-17-20/h2-7,10-15,17,19H,8-9,16,18H2,1H3/p+1/t19-,33?/m1/s1. The van der Waals surface area contributed by atoms with Gasteiger partial charge < -0.3 is 0 Å². The Kier molecular flexibility index (Phi) is 6.88. The minimum Gasteiger partial charge on any atom is -0.274 e.